The smallest absolute Gasteiger partial charge is 0.260 e. The van der Waals surface area contributed by atoms with Gasteiger partial charge in [0.05, 0.1) is 28.8 Å². The van der Waals surface area contributed by atoms with Gasteiger partial charge in [-0.3, -0.25) is 14.5 Å². The lowest BCUT2D eigenvalue weighted by Crippen LogP contribution is -2.46. The number of rotatable bonds is 11. The molecule has 1 aliphatic heterocycles. The Labute approximate surface area is 317 Å². The van der Waals surface area contributed by atoms with Crippen LogP contribution in [0.1, 0.15) is 42.1 Å². The molecule has 1 amide bonds. The molecule has 0 radical (unpaired) electrons. The van der Waals surface area contributed by atoms with Crippen LogP contribution in [0.15, 0.2) is 77.9 Å². The number of anilines is 1. The molecule has 6 aromatic rings. The van der Waals surface area contributed by atoms with Crippen LogP contribution in [0.25, 0.3) is 33.2 Å². The van der Waals surface area contributed by atoms with Crippen molar-refractivity contribution in [1.29, 1.82) is 0 Å². The molecule has 5 N–H and O–H groups in total. The van der Waals surface area contributed by atoms with E-state index in [1.807, 2.05) is 24.3 Å². The van der Waals surface area contributed by atoms with Crippen molar-refractivity contribution in [3.05, 3.63) is 105 Å². The van der Waals surface area contributed by atoms with Crippen LogP contribution in [-0.2, 0) is 11.3 Å². The monoisotopic (exact) mass is 744 g/mol. The van der Waals surface area contributed by atoms with E-state index in [0.717, 1.165) is 43.9 Å². The number of phenolic OH excluding ortho intramolecular Hbond substituents is 1. The number of fused-ring (bicyclic) bond motifs is 2. The number of aromatic nitrogens is 6. The Morgan fingerprint density at radius 3 is 2.65 bits per heavy atom. The zero-order chi connectivity index (χ0) is 37.6. The number of amides is 1. The summed E-state index contributed by atoms with van der Waals surface area (Å²) in [5.41, 5.74) is 9.67. The van der Waals surface area contributed by atoms with E-state index in [1.165, 1.54) is 6.33 Å². The highest BCUT2D eigenvalue weighted by Gasteiger charge is 2.24. The number of nitrogens with zero attached hydrogens (tertiary/aromatic N) is 7. The minimum Gasteiger partial charge on any atom is -0.508 e. The van der Waals surface area contributed by atoms with E-state index in [1.54, 1.807) is 47.1 Å². The van der Waals surface area contributed by atoms with Crippen molar-refractivity contribution in [2.75, 3.05) is 52.0 Å². The summed E-state index contributed by atoms with van der Waals surface area (Å²) in [5, 5.41) is 19.3. The lowest BCUT2D eigenvalue weighted by molar-refractivity contribution is -0.121. The van der Waals surface area contributed by atoms with Gasteiger partial charge < -0.3 is 26.0 Å². The van der Waals surface area contributed by atoms with Crippen LogP contribution in [0.3, 0.4) is 0 Å². The second kappa shape index (κ2) is 16.5. The Morgan fingerprint density at radius 1 is 1.06 bits per heavy atom. The van der Waals surface area contributed by atoms with Gasteiger partial charge in [0.2, 0.25) is 5.91 Å². The van der Waals surface area contributed by atoms with Crippen molar-refractivity contribution in [3.63, 3.8) is 0 Å². The number of nitrogen functional groups attached to an aromatic ring is 1. The molecule has 7 rings (SSSR count). The average molecular weight is 745 g/mol. The summed E-state index contributed by atoms with van der Waals surface area (Å²) in [7, 11) is 2.13. The van der Waals surface area contributed by atoms with Crippen LogP contribution in [0.4, 0.5) is 5.82 Å². The van der Waals surface area contributed by atoms with Crippen molar-refractivity contribution in [2.24, 2.45) is 0 Å². The molecule has 14 heteroatoms. The molecule has 1 saturated heterocycles. The highest BCUT2D eigenvalue weighted by molar-refractivity contribution is 6.30. The number of phenols is 1. The molecule has 0 spiro atoms. The molecule has 0 saturated carbocycles. The third kappa shape index (κ3) is 8.36. The van der Waals surface area contributed by atoms with Crippen molar-refractivity contribution < 1.29 is 9.90 Å². The fourth-order valence-electron chi connectivity index (χ4n) is 6.71. The van der Waals surface area contributed by atoms with Gasteiger partial charge >= 0.3 is 0 Å². The van der Waals surface area contributed by atoms with Crippen LogP contribution in [0, 0.1) is 11.8 Å². The summed E-state index contributed by atoms with van der Waals surface area (Å²) in [6.07, 6.45) is 2.91. The van der Waals surface area contributed by atoms with E-state index in [4.69, 9.17) is 27.4 Å². The second-order valence-corrected chi connectivity index (χ2v) is 13.9. The van der Waals surface area contributed by atoms with Crippen LogP contribution in [0.2, 0.25) is 5.02 Å². The zero-order valence-electron chi connectivity index (χ0n) is 29.9. The Kier molecular flexibility index (Phi) is 11.1. The number of halogens is 1. The van der Waals surface area contributed by atoms with E-state index in [-0.39, 0.29) is 29.6 Å². The number of benzene rings is 3. The number of nitrogens with two attached hydrogens (primary N) is 1. The number of carbonyl (C=O) groups is 1. The van der Waals surface area contributed by atoms with E-state index >= 15 is 0 Å². The number of likely N-dealkylation sites (N-methyl/N-ethyl adjacent to an activating group) is 1. The van der Waals surface area contributed by atoms with E-state index < -0.39 is 5.92 Å². The molecule has 4 heterocycles. The molecule has 276 valence electrons. The van der Waals surface area contributed by atoms with Crippen LogP contribution >= 0.6 is 11.6 Å². The maximum Gasteiger partial charge on any atom is 0.260 e. The van der Waals surface area contributed by atoms with Gasteiger partial charge in [0.15, 0.2) is 5.65 Å². The fourth-order valence-corrected chi connectivity index (χ4v) is 6.91. The Balaban J connectivity index is 1.11. The molecule has 54 heavy (non-hydrogen) atoms. The van der Waals surface area contributed by atoms with Gasteiger partial charge in [-0.2, -0.15) is 5.10 Å². The largest absolute Gasteiger partial charge is 0.508 e. The molecule has 1 fully saturated rings. The van der Waals surface area contributed by atoms with Gasteiger partial charge in [-0.15, -0.1) is 0 Å². The summed E-state index contributed by atoms with van der Waals surface area (Å²) in [6, 6.07) is 19.5. The predicted octanol–water partition coefficient (Wildman–Crippen LogP) is 4.39. The summed E-state index contributed by atoms with van der Waals surface area (Å²) in [5.74, 6) is 6.61. The van der Waals surface area contributed by atoms with Crippen molar-refractivity contribution in [3.8, 4) is 28.8 Å². The third-order valence-corrected chi connectivity index (χ3v) is 9.90. The number of nitrogens with one attached hydrogen (secondary N) is 2. The first-order valence-electron chi connectivity index (χ1n) is 17.9. The fraction of sp³-hybridized carbons (Fsp3) is 0.300. The molecule has 3 aromatic carbocycles. The Morgan fingerprint density at radius 2 is 1.85 bits per heavy atom. The zero-order valence-corrected chi connectivity index (χ0v) is 30.7. The Bertz CT molecular complexity index is 2410. The van der Waals surface area contributed by atoms with E-state index in [2.05, 4.69) is 49.0 Å². The van der Waals surface area contributed by atoms with Gasteiger partial charge in [-0.25, -0.2) is 19.6 Å². The normalized spacial score (nSPS) is 14.2. The van der Waals surface area contributed by atoms with Crippen LogP contribution in [-0.4, -0.2) is 96.8 Å². The number of piperazine rings is 1. The first-order valence-corrected chi connectivity index (χ1v) is 18.3. The van der Waals surface area contributed by atoms with Crippen LogP contribution in [0.5, 0.6) is 5.75 Å². The standard InChI is InChI=1S/C40H41ClN10O3/c1-49-19-21-50(22-20-49)18-17-43-33(53)12-4-2-3-7-26-8-6-11-32-34(26)40(54)47-38(46-32)31(28-9-5-10-29(41)23-28)24-51-39-35(37(42)44-25-45-39)36(48-51)27-13-15-30(52)16-14-27/h5-6,8-11,13-16,23,25,31,52H,2,4,12,17-22,24H2,1H3,(H,43,53)(H2,42,44,45)(H,46,47,54). The quantitative estimate of drug-likeness (QED) is 0.110. The second-order valence-electron chi connectivity index (χ2n) is 13.4. The molecular weight excluding hydrogens is 704 g/mol. The first-order chi connectivity index (χ1) is 26.2. The minimum atomic E-state index is -0.504. The average Bonchev–Trinajstić information content (AvgIpc) is 3.54. The minimum absolute atomic E-state index is 0.0223. The van der Waals surface area contributed by atoms with Crippen molar-refractivity contribution in [1.82, 2.24) is 44.8 Å². The number of unbranched alkanes of at least 4 members (excludes halogenated alkanes) is 1. The van der Waals surface area contributed by atoms with Gasteiger partial charge in [0, 0.05) is 68.3 Å². The summed E-state index contributed by atoms with van der Waals surface area (Å²) in [6.45, 7) is 5.88. The van der Waals surface area contributed by atoms with Crippen molar-refractivity contribution in [2.45, 2.75) is 31.7 Å². The topological polar surface area (TPSA) is 171 Å². The number of hydrogen-bond acceptors (Lipinski definition) is 10. The summed E-state index contributed by atoms with van der Waals surface area (Å²) >= 11 is 6.47. The molecule has 0 bridgehead atoms. The lowest BCUT2D eigenvalue weighted by Gasteiger charge is -2.32. The Hall–Kier alpha value is -5.81. The molecule has 0 aliphatic carbocycles. The molecule has 1 unspecified atom stereocenters. The molecule has 1 atom stereocenters. The first kappa shape index (κ1) is 36.5. The van der Waals surface area contributed by atoms with Gasteiger partial charge in [0.1, 0.15) is 29.4 Å². The predicted molar refractivity (Wildman–Crippen MR) is 210 cm³/mol. The highest BCUT2D eigenvalue weighted by Crippen LogP contribution is 2.33. The maximum absolute atomic E-state index is 13.8. The highest BCUT2D eigenvalue weighted by atomic mass is 35.5. The molecule has 1 aliphatic rings. The summed E-state index contributed by atoms with van der Waals surface area (Å²) in [4.78, 5) is 47.6. The number of aromatic hydroxyl groups is 1. The molecule has 13 nitrogen and oxygen atoms in total. The number of H-pyrrole nitrogens is 1. The third-order valence-electron chi connectivity index (χ3n) is 9.66. The molecular formula is C40H41ClN10O3. The number of aromatic amines is 1. The SMILES string of the molecule is CN1CCN(CCNC(=O)CCCC#Cc2cccc3nc(C(Cn4nc(-c5ccc(O)cc5)c5c(N)ncnc54)c4cccc(Cl)c4)[nH]c(=O)c23)CC1. The molecule has 3 aromatic heterocycles. The van der Waals surface area contributed by atoms with Gasteiger partial charge in [0.25, 0.3) is 5.56 Å². The summed E-state index contributed by atoms with van der Waals surface area (Å²) < 4.78 is 1.72. The van der Waals surface area contributed by atoms with Gasteiger partial charge in [-0.05, 0) is 67.6 Å². The number of carbonyl (C=O) groups excluding carboxylic acids is 1. The van der Waals surface area contributed by atoms with Crippen LogP contribution < -0.4 is 16.6 Å². The van der Waals surface area contributed by atoms with Crippen molar-refractivity contribution >= 4 is 45.3 Å². The van der Waals surface area contributed by atoms with Gasteiger partial charge in [-0.1, -0.05) is 41.6 Å². The maximum atomic E-state index is 13.8. The number of hydrogen-bond donors (Lipinski definition) is 4. The lowest BCUT2D eigenvalue weighted by atomic mass is 9.97. The van der Waals surface area contributed by atoms with E-state index in [9.17, 15) is 14.7 Å². The van der Waals surface area contributed by atoms with E-state index in [0.29, 0.717) is 69.8 Å².